The van der Waals surface area contributed by atoms with Gasteiger partial charge in [0.1, 0.15) is 0 Å². The number of benzene rings is 2. The van der Waals surface area contributed by atoms with E-state index in [4.69, 9.17) is 0 Å². The first-order valence-electron chi connectivity index (χ1n) is 6.98. The van der Waals surface area contributed by atoms with Gasteiger partial charge in [0.05, 0.1) is 12.9 Å². The third-order valence-electron chi connectivity index (χ3n) is 3.49. The van der Waals surface area contributed by atoms with Crippen LogP contribution in [0.25, 0.3) is 21.2 Å². The zero-order valence-electron chi connectivity index (χ0n) is 12.2. The van der Waals surface area contributed by atoms with Crippen LogP contribution < -0.4 is 0 Å². The second kappa shape index (κ2) is 6.99. The largest absolute Gasteiger partial charge is 0.468 e. The van der Waals surface area contributed by atoms with Crippen molar-refractivity contribution in [1.82, 2.24) is 0 Å². The van der Waals surface area contributed by atoms with E-state index in [0.717, 1.165) is 5.75 Å². The van der Waals surface area contributed by atoms with Crippen LogP contribution in [-0.2, 0) is 15.3 Å². The van der Waals surface area contributed by atoms with Gasteiger partial charge in [-0.15, -0.1) is 23.1 Å². The molecule has 0 aliphatic rings. The number of carbonyl (C=O) groups is 1. The van der Waals surface area contributed by atoms with Gasteiger partial charge in [0.15, 0.2) is 0 Å². The monoisotopic (exact) mass is 328 g/mol. The standard InChI is InChI=1S/C18H16O2S2/c1-20-18(19)12-21-11-15-4-2-3-5-16(15)13-6-7-17-14(10-13)8-9-22-17/h2-10H,11-12H2,1H3. The van der Waals surface area contributed by atoms with E-state index in [2.05, 4.69) is 52.6 Å². The number of hydrogen-bond acceptors (Lipinski definition) is 4. The highest BCUT2D eigenvalue weighted by molar-refractivity contribution is 7.99. The molecule has 22 heavy (non-hydrogen) atoms. The van der Waals surface area contributed by atoms with Crippen molar-refractivity contribution in [2.45, 2.75) is 5.75 Å². The first kappa shape index (κ1) is 15.1. The van der Waals surface area contributed by atoms with Crippen molar-refractivity contribution in [3.05, 3.63) is 59.5 Å². The number of methoxy groups -OCH3 is 1. The summed E-state index contributed by atoms with van der Waals surface area (Å²) in [6.45, 7) is 0. The minimum Gasteiger partial charge on any atom is -0.468 e. The first-order chi connectivity index (χ1) is 10.8. The molecule has 0 amide bonds. The average molecular weight is 328 g/mol. The van der Waals surface area contributed by atoms with Gasteiger partial charge in [0, 0.05) is 10.5 Å². The fraction of sp³-hybridized carbons (Fsp3) is 0.167. The highest BCUT2D eigenvalue weighted by Gasteiger charge is 2.07. The predicted molar refractivity (Wildman–Crippen MR) is 95.4 cm³/mol. The van der Waals surface area contributed by atoms with Crippen molar-refractivity contribution in [2.75, 3.05) is 12.9 Å². The molecule has 2 aromatic carbocycles. The Labute approximate surface area is 138 Å². The molecule has 1 aromatic heterocycles. The van der Waals surface area contributed by atoms with Crippen LogP contribution in [0.1, 0.15) is 5.56 Å². The zero-order valence-corrected chi connectivity index (χ0v) is 13.9. The normalized spacial score (nSPS) is 10.8. The van der Waals surface area contributed by atoms with E-state index < -0.39 is 0 Å². The molecule has 112 valence electrons. The van der Waals surface area contributed by atoms with Gasteiger partial charge in [-0.3, -0.25) is 4.79 Å². The molecule has 0 saturated heterocycles. The summed E-state index contributed by atoms with van der Waals surface area (Å²) in [4.78, 5) is 11.2. The quantitative estimate of drug-likeness (QED) is 0.618. The minimum atomic E-state index is -0.179. The first-order valence-corrected chi connectivity index (χ1v) is 9.01. The molecule has 4 heteroatoms. The summed E-state index contributed by atoms with van der Waals surface area (Å²) >= 11 is 3.34. The summed E-state index contributed by atoms with van der Waals surface area (Å²) < 4.78 is 5.99. The molecule has 3 aromatic rings. The number of fused-ring (bicyclic) bond motifs is 1. The molecule has 0 aliphatic carbocycles. The van der Waals surface area contributed by atoms with Crippen LogP contribution in [0.15, 0.2) is 53.9 Å². The van der Waals surface area contributed by atoms with Crippen LogP contribution in [0.5, 0.6) is 0 Å². The Bertz CT molecular complexity index is 792. The van der Waals surface area contributed by atoms with E-state index in [9.17, 15) is 4.79 Å². The molecule has 2 nitrogen and oxygen atoms in total. The SMILES string of the molecule is COC(=O)CSCc1ccccc1-c1ccc2sccc2c1. The summed E-state index contributed by atoms with van der Waals surface area (Å²) in [6, 6.07) is 17.1. The second-order valence-electron chi connectivity index (χ2n) is 4.90. The highest BCUT2D eigenvalue weighted by atomic mass is 32.2. The summed E-state index contributed by atoms with van der Waals surface area (Å²) in [6.07, 6.45) is 0. The summed E-state index contributed by atoms with van der Waals surface area (Å²) in [5, 5.41) is 3.39. The maximum Gasteiger partial charge on any atom is 0.315 e. The molecule has 0 bridgehead atoms. The number of carbonyl (C=O) groups excluding carboxylic acids is 1. The minimum absolute atomic E-state index is 0.179. The molecule has 0 spiro atoms. The molecular formula is C18H16O2S2. The number of hydrogen-bond donors (Lipinski definition) is 0. The van der Waals surface area contributed by atoms with Crippen molar-refractivity contribution in [2.24, 2.45) is 0 Å². The topological polar surface area (TPSA) is 26.3 Å². The molecule has 1 heterocycles. The van der Waals surface area contributed by atoms with E-state index in [0.29, 0.717) is 5.75 Å². The molecule has 0 aliphatic heterocycles. The van der Waals surface area contributed by atoms with Gasteiger partial charge in [0.25, 0.3) is 0 Å². The lowest BCUT2D eigenvalue weighted by Gasteiger charge is -2.09. The lowest BCUT2D eigenvalue weighted by molar-refractivity contribution is -0.137. The van der Waals surface area contributed by atoms with E-state index in [1.165, 1.54) is 33.9 Å². The Morgan fingerprint density at radius 2 is 2.05 bits per heavy atom. The summed E-state index contributed by atoms with van der Waals surface area (Å²) in [5.74, 6) is 1.00. The van der Waals surface area contributed by atoms with Crippen LogP contribution in [0.4, 0.5) is 0 Å². The van der Waals surface area contributed by atoms with Crippen LogP contribution >= 0.6 is 23.1 Å². The van der Waals surface area contributed by atoms with Gasteiger partial charge >= 0.3 is 5.97 Å². The fourth-order valence-electron chi connectivity index (χ4n) is 2.37. The van der Waals surface area contributed by atoms with E-state index in [-0.39, 0.29) is 5.97 Å². The van der Waals surface area contributed by atoms with Crippen molar-refractivity contribution >= 4 is 39.2 Å². The molecule has 0 unspecified atom stereocenters. The maximum absolute atomic E-state index is 11.2. The number of rotatable bonds is 5. The number of ether oxygens (including phenoxy) is 1. The third kappa shape index (κ3) is 3.34. The van der Waals surface area contributed by atoms with Crippen LogP contribution in [0.3, 0.4) is 0 Å². The lowest BCUT2D eigenvalue weighted by Crippen LogP contribution is -2.03. The maximum atomic E-state index is 11.2. The second-order valence-corrected chi connectivity index (χ2v) is 6.83. The van der Waals surface area contributed by atoms with Crippen LogP contribution in [-0.4, -0.2) is 18.8 Å². The molecule has 0 N–H and O–H groups in total. The highest BCUT2D eigenvalue weighted by Crippen LogP contribution is 2.31. The zero-order chi connectivity index (χ0) is 15.4. The molecule has 0 radical (unpaired) electrons. The number of esters is 1. The fourth-order valence-corrected chi connectivity index (χ4v) is 3.99. The number of thioether (sulfide) groups is 1. The Morgan fingerprint density at radius 3 is 2.91 bits per heavy atom. The Morgan fingerprint density at radius 1 is 1.18 bits per heavy atom. The Balaban J connectivity index is 1.85. The van der Waals surface area contributed by atoms with E-state index >= 15 is 0 Å². The average Bonchev–Trinajstić information content (AvgIpc) is 3.02. The summed E-state index contributed by atoms with van der Waals surface area (Å²) in [5.41, 5.74) is 3.69. The molecular weight excluding hydrogens is 312 g/mol. The van der Waals surface area contributed by atoms with Gasteiger partial charge < -0.3 is 4.74 Å². The smallest absolute Gasteiger partial charge is 0.315 e. The van der Waals surface area contributed by atoms with Crippen molar-refractivity contribution in [3.63, 3.8) is 0 Å². The summed E-state index contributed by atoms with van der Waals surface area (Å²) in [7, 11) is 1.42. The molecule has 0 fully saturated rings. The number of thiophene rings is 1. The lowest BCUT2D eigenvalue weighted by atomic mass is 10.00. The van der Waals surface area contributed by atoms with Crippen LogP contribution in [0.2, 0.25) is 0 Å². The third-order valence-corrected chi connectivity index (χ3v) is 5.34. The van der Waals surface area contributed by atoms with E-state index in [1.807, 2.05) is 6.07 Å². The van der Waals surface area contributed by atoms with Crippen LogP contribution in [0, 0.1) is 0 Å². The van der Waals surface area contributed by atoms with Gasteiger partial charge in [-0.1, -0.05) is 30.3 Å². The predicted octanol–water partition coefficient (Wildman–Crippen LogP) is 4.97. The Kier molecular flexibility index (Phi) is 4.80. The van der Waals surface area contributed by atoms with Gasteiger partial charge in [0.2, 0.25) is 0 Å². The van der Waals surface area contributed by atoms with Gasteiger partial charge in [-0.05, 0) is 45.7 Å². The van der Waals surface area contributed by atoms with Crippen molar-refractivity contribution in [1.29, 1.82) is 0 Å². The molecule has 3 rings (SSSR count). The van der Waals surface area contributed by atoms with Crippen molar-refractivity contribution < 1.29 is 9.53 Å². The molecule has 0 saturated carbocycles. The van der Waals surface area contributed by atoms with Crippen molar-refractivity contribution in [3.8, 4) is 11.1 Å². The van der Waals surface area contributed by atoms with E-state index in [1.54, 1.807) is 23.1 Å². The molecule has 0 atom stereocenters. The van der Waals surface area contributed by atoms with Gasteiger partial charge in [-0.25, -0.2) is 0 Å². The Hall–Kier alpha value is -1.78. The van der Waals surface area contributed by atoms with Gasteiger partial charge in [-0.2, -0.15) is 0 Å².